The lowest BCUT2D eigenvalue weighted by atomic mass is 9.75. The summed E-state index contributed by atoms with van der Waals surface area (Å²) in [4.78, 5) is 0. The second kappa shape index (κ2) is 12.1. The monoisotopic (exact) mass is 392 g/mol. The number of benzene rings is 1. The first-order valence-electron chi connectivity index (χ1n) is 12.2. The van der Waals surface area contributed by atoms with Crippen molar-refractivity contribution in [2.24, 2.45) is 23.7 Å². The quantitative estimate of drug-likeness (QED) is 0.430. The third-order valence-corrected chi connectivity index (χ3v) is 7.25. The van der Waals surface area contributed by atoms with Gasteiger partial charge < -0.3 is 4.74 Å². The molecule has 0 aromatic heterocycles. The second-order valence-electron chi connectivity index (χ2n) is 9.24. The Bertz CT molecular complexity index is 659. The zero-order valence-corrected chi connectivity index (χ0v) is 18.7. The zero-order chi connectivity index (χ0) is 20.3. The van der Waals surface area contributed by atoms with E-state index >= 15 is 0 Å². The van der Waals surface area contributed by atoms with Gasteiger partial charge in [-0.2, -0.15) is 0 Å². The van der Waals surface area contributed by atoms with Crippen LogP contribution in [0.1, 0.15) is 90.0 Å². The molecule has 2 fully saturated rings. The van der Waals surface area contributed by atoms with Crippen LogP contribution in [0.2, 0.25) is 0 Å². The Hall–Kier alpha value is -1.68. The summed E-state index contributed by atoms with van der Waals surface area (Å²) in [5.41, 5.74) is 1.05. The van der Waals surface area contributed by atoms with Crippen LogP contribution in [-0.4, -0.2) is 6.61 Å². The maximum Gasteiger partial charge on any atom is 0.119 e. The SMILES string of the molecule is CCOc1ccc(C#C/C=C/C2CCC(CC[C@H]3CC[C@H](CC)CC3)CC2)cc1. The molecule has 0 spiro atoms. The molecule has 1 aromatic rings. The van der Waals surface area contributed by atoms with Gasteiger partial charge in [0.15, 0.2) is 0 Å². The summed E-state index contributed by atoms with van der Waals surface area (Å²) >= 11 is 0. The van der Waals surface area contributed by atoms with Gasteiger partial charge in [-0.3, -0.25) is 0 Å². The average Bonchev–Trinajstić information content (AvgIpc) is 2.78. The number of ether oxygens (including phenoxy) is 1. The summed E-state index contributed by atoms with van der Waals surface area (Å²) in [5, 5.41) is 0. The molecular weight excluding hydrogens is 352 g/mol. The third kappa shape index (κ3) is 7.58. The van der Waals surface area contributed by atoms with E-state index in [1.165, 1.54) is 70.6 Å². The first-order chi connectivity index (χ1) is 14.3. The molecule has 2 aliphatic carbocycles. The first-order valence-corrected chi connectivity index (χ1v) is 12.2. The van der Waals surface area contributed by atoms with E-state index in [-0.39, 0.29) is 0 Å². The maximum absolute atomic E-state index is 5.47. The Balaban J connectivity index is 1.32. The van der Waals surface area contributed by atoms with E-state index in [0.717, 1.165) is 35.0 Å². The number of allylic oxidation sites excluding steroid dienone is 2. The highest BCUT2D eigenvalue weighted by Gasteiger charge is 2.23. The van der Waals surface area contributed by atoms with Crippen LogP contribution in [0.5, 0.6) is 5.75 Å². The van der Waals surface area contributed by atoms with E-state index in [0.29, 0.717) is 6.61 Å². The largest absolute Gasteiger partial charge is 0.494 e. The molecule has 0 unspecified atom stereocenters. The van der Waals surface area contributed by atoms with Gasteiger partial charge in [-0.1, -0.05) is 69.8 Å². The maximum atomic E-state index is 5.47. The molecule has 1 nitrogen and oxygen atoms in total. The molecule has 0 aliphatic heterocycles. The van der Waals surface area contributed by atoms with Crippen LogP contribution in [0.3, 0.4) is 0 Å². The van der Waals surface area contributed by atoms with Crippen LogP contribution >= 0.6 is 0 Å². The third-order valence-electron chi connectivity index (χ3n) is 7.25. The van der Waals surface area contributed by atoms with Crippen molar-refractivity contribution in [2.75, 3.05) is 6.61 Å². The smallest absolute Gasteiger partial charge is 0.119 e. The Kier molecular flexibility index (Phi) is 9.20. The minimum Gasteiger partial charge on any atom is -0.494 e. The molecule has 3 rings (SSSR count). The van der Waals surface area contributed by atoms with E-state index in [1.54, 1.807) is 0 Å². The number of hydrogen-bond acceptors (Lipinski definition) is 1. The van der Waals surface area contributed by atoms with Crippen molar-refractivity contribution < 1.29 is 4.74 Å². The fraction of sp³-hybridized carbons (Fsp3) is 0.643. The molecule has 2 saturated carbocycles. The second-order valence-corrected chi connectivity index (χ2v) is 9.24. The molecule has 0 bridgehead atoms. The van der Waals surface area contributed by atoms with Gasteiger partial charge in [-0.15, -0.1) is 0 Å². The van der Waals surface area contributed by atoms with E-state index in [4.69, 9.17) is 4.74 Å². The molecule has 1 aromatic carbocycles. The highest BCUT2D eigenvalue weighted by molar-refractivity contribution is 5.40. The highest BCUT2D eigenvalue weighted by Crippen LogP contribution is 2.37. The van der Waals surface area contributed by atoms with Crippen LogP contribution in [0.25, 0.3) is 0 Å². The molecule has 0 heterocycles. The average molecular weight is 393 g/mol. The summed E-state index contributed by atoms with van der Waals surface area (Å²) in [6.07, 6.45) is 20.4. The van der Waals surface area contributed by atoms with E-state index < -0.39 is 0 Å². The lowest BCUT2D eigenvalue weighted by Crippen LogP contribution is -2.17. The fourth-order valence-corrected chi connectivity index (χ4v) is 5.18. The Labute approximate surface area is 179 Å². The topological polar surface area (TPSA) is 9.23 Å². The highest BCUT2D eigenvalue weighted by atomic mass is 16.5. The fourth-order valence-electron chi connectivity index (χ4n) is 5.18. The standard InChI is InChI=1S/C28H40O/c1-3-23-9-11-26(12-10-23)17-18-27-15-13-24(14-16-27)7-5-6-8-25-19-21-28(22-20-25)29-4-2/h5,7,19-24,26-27H,3-4,9-18H2,1-2H3/b7-5+/t23-,24?,26-,27?. The van der Waals surface area contributed by atoms with Crippen molar-refractivity contribution in [3.8, 4) is 17.6 Å². The van der Waals surface area contributed by atoms with Crippen molar-refractivity contribution in [3.63, 3.8) is 0 Å². The van der Waals surface area contributed by atoms with Crippen molar-refractivity contribution in [3.05, 3.63) is 42.0 Å². The molecular formula is C28H40O. The molecule has 2 aliphatic rings. The number of hydrogen-bond donors (Lipinski definition) is 0. The lowest BCUT2D eigenvalue weighted by molar-refractivity contribution is 0.224. The lowest BCUT2D eigenvalue weighted by Gasteiger charge is -2.31. The Morgan fingerprint density at radius 3 is 2.00 bits per heavy atom. The van der Waals surface area contributed by atoms with E-state index in [9.17, 15) is 0 Å². The minimum absolute atomic E-state index is 0.704. The predicted octanol–water partition coefficient (Wildman–Crippen LogP) is 7.80. The van der Waals surface area contributed by atoms with Gasteiger partial charge in [0.2, 0.25) is 0 Å². The summed E-state index contributed by atoms with van der Waals surface area (Å²) in [6, 6.07) is 8.05. The predicted molar refractivity (Wildman–Crippen MR) is 124 cm³/mol. The molecule has 158 valence electrons. The van der Waals surface area contributed by atoms with Crippen molar-refractivity contribution in [2.45, 2.75) is 84.5 Å². The zero-order valence-electron chi connectivity index (χ0n) is 18.7. The molecule has 0 amide bonds. The van der Waals surface area contributed by atoms with Gasteiger partial charge in [0.25, 0.3) is 0 Å². The summed E-state index contributed by atoms with van der Waals surface area (Å²) in [6.45, 7) is 5.07. The molecule has 0 atom stereocenters. The minimum atomic E-state index is 0.704. The molecule has 0 saturated heterocycles. The van der Waals surface area contributed by atoms with Gasteiger partial charge >= 0.3 is 0 Å². The first kappa shape index (κ1) is 22.0. The van der Waals surface area contributed by atoms with Gasteiger partial charge in [0, 0.05) is 5.56 Å². The van der Waals surface area contributed by atoms with Gasteiger partial charge in [-0.05, 0) is 86.6 Å². The van der Waals surface area contributed by atoms with Gasteiger partial charge in [0.1, 0.15) is 5.75 Å². The van der Waals surface area contributed by atoms with Crippen LogP contribution in [0.4, 0.5) is 0 Å². The van der Waals surface area contributed by atoms with Crippen LogP contribution < -0.4 is 4.74 Å². The van der Waals surface area contributed by atoms with E-state index in [2.05, 4.69) is 30.9 Å². The van der Waals surface area contributed by atoms with Crippen molar-refractivity contribution in [1.29, 1.82) is 0 Å². The normalized spacial score (nSPS) is 27.4. The molecule has 1 heteroatoms. The summed E-state index contributed by atoms with van der Waals surface area (Å²) in [5.74, 6) is 11.2. The van der Waals surface area contributed by atoms with E-state index in [1.807, 2.05) is 31.2 Å². The van der Waals surface area contributed by atoms with Gasteiger partial charge in [-0.25, -0.2) is 0 Å². The number of rotatable bonds is 7. The summed E-state index contributed by atoms with van der Waals surface area (Å²) < 4.78 is 5.47. The summed E-state index contributed by atoms with van der Waals surface area (Å²) in [7, 11) is 0. The van der Waals surface area contributed by atoms with Crippen molar-refractivity contribution in [1.82, 2.24) is 0 Å². The molecule has 29 heavy (non-hydrogen) atoms. The van der Waals surface area contributed by atoms with Crippen LogP contribution in [0.15, 0.2) is 36.4 Å². The Morgan fingerprint density at radius 2 is 1.41 bits per heavy atom. The molecule has 0 radical (unpaired) electrons. The Morgan fingerprint density at radius 1 is 0.828 bits per heavy atom. The van der Waals surface area contributed by atoms with Gasteiger partial charge in [0.05, 0.1) is 6.61 Å². The van der Waals surface area contributed by atoms with Crippen molar-refractivity contribution >= 4 is 0 Å². The molecule has 0 N–H and O–H groups in total. The van der Waals surface area contributed by atoms with Crippen LogP contribution in [-0.2, 0) is 0 Å². The van der Waals surface area contributed by atoms with Crippen LogP contribution in [0, 0.1) is 35.5 Å².